The Morgan fingerprint density at radius 1 is 1.00 bits per heavy atom. The van der Waals surface area contributed by atoms with E-state index in [-0.39, 0.29) is 35.5 Å². The second-order valence-electron chi connectivity index (χ2n) is 8.30. The van der Waals surface area contributed by atoms with E-state index in [2.05, 4.69) is 62.4 Å². The number of hydrogen-bond donors (Lipinski definition) is 0. The third-order valence-corrected chi connectivity index (χ3v) is 8.23. The van der Waals surface area contributed by atoms with Crippen molar-refractivity contribution in [2.45, 2.75) is 19.4 Å². The Hall–Kier alpha value is -1.46. The summed E-state index contributed by atoms with van der Waals surface area (Å²) in [5, 5.41) is 6.10. The maximum atomic E-state index is 12.9. The number of fused-ring (bicyclic) bond motifs is 1. The van der Waals surface area contributed by atoms with Crippen LogP contribution in [0.4, 0.5) is 0 Å². The third kappa shape index (κ3) is 4.11. The highest BCUT2D eigenvalue weighted by Gasteiger charge is 2.56. The molecule has 2 aromatic rings. The minimum absolute atomic E-state index is 0.164. The van der Waals surface area contributed by atoms with Crippen LogP contribution in [0.25, 0.3) is 0 Å². The first-order valence-corrected chi connectivity index (χ1v) is 12.9. The van der Waals surface area contributed by atoms with Crippen molar-refractivity contribution < 1.29 is 14.3 Å². The highest BCUT2D eigenvalue weighted by atomic mass is 127. The van der Waals surface area contributed by atoms with Gasteiger partial charge >= 0.3 is 0 Å². The average molecular weight is 673 g/mol. The van der Waals surface area contributed by atoms with E-state index >= 15 is 0 Å². The standard InChI is InChI=1S/C24H19ClI2N2O3/c25-17-7-1-13(2-8-17)12-32-22-18(26)9-14(10-19(22)27)11-28-29-23(30)20-15-3-4-16(6-5-15)21(20)24(29)31/h1-4,7-11,15-16,20-21H,5-6,12H2/b28-11-/t15-,16-,20+,21+/m0/s1. The average Bonchev–Trinajstić information content (AvgIpc) is 3.06. The minimum atomic E-state index is -0.243. The number of nitrogens with zero attached hydrogens (tertiary/aromatic N) is 2. The van der Waals surface area contributed by atoms with E-state index in [1.165, 1.54) is 0 Å². The number of hydrogen-bond acceptors (Lipinski definition) is 4. The van der Waals surface area contributed by atoms with E-state index in [0.717, 1.165) is 41.9 Å². The molecule has 5 nitrogen and oxygen atoms in total. The Labute approximate surface area is 218 Å². The molecule has 2 aromatic carbocycles. The molecule has 0 spiro atoms. The lowest BCUT2D eigenvalue weighted by Gasteiger charge is -2.37. The summed E-state index contributed by atoms with van der Waals surface area (Å²) in [4.78, 5) is 25.8. The largest absolute Gasteiger partial charge is 0.487 e. The lowest BCUT2D eigenvalue weighted by molar-refractivity contribution is -0.140. The zero-order chi connectivity index (χ0) is 22.4. The van der Waals surface area contributed by atoms with Crippen molar-refractivity contribution in [3.63, 3.8) is 0 Å². The predicted molar refractivity (Wildman–Crippen MR) is 139 cm³/mol. The monoisotopic (exact) mass is 672 g/mol. The summed E-state index contributed by atoms with van der Waals surface area (Å²) in [7, 11) is 0. The molecule has 0 unspecified atom stereocenters. The van der Waals surface area contributed by atoms with Crippen LogP contribution in [0.3, 0.4) is 0 Å². The summed E-state index contributed by atoms with van der Waals surface area (Å²) in [5.74, 6) is 0.311. The fourth-order valence-corrected chi connectivity index (χ4v) is 7.08. The summed E-state index contributed by atoms with van der Waals surface area (Å²) in [6, 6.07) is 11.4. The number of imide groups is 1. The maximum absolute atomic E-state index is 12.9. The first-order valence-electron chi connectivity index (χ1n) is 10.4. The number of allylic oxidation sites excluding steroid dienone is 2. The van der Waals surface area contributed by atoms with E-state index in [0.29, 0.717) is 11.6 Å². The van der Waals surface area contributed by atoms with Gasteiger partial charge in [-0.3, -0.25) is 9.59 Å². The molecule has 3 aliphatic carbocycles. The molecule has 4 atom stereocenters. The molecule has 1 heterocycles. The lowest BCUT2D eigenvalue weighted by atomic mass is 9.63. The van der Waals surface area contributed by atoms with Crippen molar-refractivity contribution in [3.8, 4) is 5.75 Å². The first kappa shape index (κ1) is 22.3. The molecule has 2 fully saturated rings. The Bertz CT molecular complexity index is 1090. The van der Waals surface area contributed by atoms with Gasteiger partial charge in [-0.25, -0.2) is 0 Å². The Kier molecular flexibility index (Phi) is 6.32. The summed E-state index contributed by atoms with van der Waals surface area (Å²) in [5.41, 5.74) is 1.84. The van der Waals surface area contributed by atoms with E-state index < -0.39 is 0 Å². The third-order valence-electron chi connectivity index (χ3n) is 6.38. The molecule has 164 valence electrons. The topological polar surface area (TPSA) is 59.0 Å². The summed E-state index contributed by atoms with van der Waals surface area (Å²) in [6.45, 7) is 0.437. The van der Waals surface area contributed by atoms with Gasteiger partial charge in [-0.15, -0.1) is 0 Å². The van der Waals surface area contributed by atoms with Gasteiger partial charge in [0, 0.05) is 5.02 Å². The van der Waals surface area contributed by atoms with Crippen molar-refractivity contribution in [1.82, 2.24) is 5.01 Å². The van der Waals surface area contributed by atoms with Crippen LogP contribution in [-0.2, 0) is 16.2 Å². The number of rotatable bonds is 5. The van der Waals surface area contributed by atoms with Crippen molar-refractivity contribution >= 4 is 74.8 Å². The second kappa shape index (κ2) is 9.06. The number of carbonyl (C=O) groups excluding carboxylic acids is 2. The van der Waals surface area contributed by atoms with Gasteiger partial charge in [-0.2, -0.15) is 10.1 Å². The van der Waals surface area contributed by atoms with E-state index in [9.17, 15) is 9.59 Å². The first-order chi connectivity index (χ1) is 15.4. The molecule has 32 heavy (non-hydrogen) atoms. The second-order valence-corrected chi connectivity index (χ2v) is 11.1. The molecule has 1 saturated carbocycles. The Balaban J connectivity index is 1.31. The zero-order valence-electron chi connectivity index (χ0n) is 16.9. The molecule has 1 saturated heterocycles. The fourth-order valence-electron chi connectivity index (χ4n) is 4.82. The SMILES string of the molecule is O=C1[C@H]2[C@H](C(=O)N1/N=C\c1cc(I)c(OCc3ccc(Cl)cc3)c(I)c1)[C@H]1C=C[C@H]2CC1. The van der Waals surface area contributed by atoms with Crippen LogP contribution in [0.2, 0.25) is 5.02 Å². The van der Waals surface area contributed by atoms with Crippen molar-refractivity contribution in [2.75, 3.05) is 0 Å². The number of ether oxygens (including phenoxy) is 1. The summed E-state index contributed by atoms with van der Waals surface area (Å²) >= 11 is 10.4. The van der Waals surface area contributed by atoms with Gasteiger partial charge in [0.15, 0.2) is 0 Å². The summed E-state index contributed by atoms with van der Waals surface area (Å²) < 4.78 is 7.89. The van der Waals surface area contributed by atoms with Gasteiger partial charge in [0.05, 0.1) is 25.2 Å². The van der Waals surface area contributed by atoms with Gasteiger partial charge in [-0.05, 0) is 105 Å². The zero-order valence-corrected chi connectivity index (χ0v) is 22.0. The van der Waals surface area contributed by atoms with Gasteiger partial charge < -0.3 is 4.74 Å². The minimum Gasteiger partial charge on any atom is -0.487 e. The van der Waals surface area contributed by atoms with Crippen LogP contribution in [0.1, 0.15) is 24.0 Å². The number of halogens is 3. The van der Waals surface area contributed by atoms with Crippen molar-refractivity contribution in [1.29, 1.82) is 0 Å². The molecular weight excluding hydrogens is 654 g/mol. The van der Waals surface area contributed by atoms with Gasteiger partial charge in [-0.1, -0.05) is 35.9 Å². The molecule has 6 rings (SSSR count). The molecule has 1 aliphatic heterocycles. The highest BCUT2D eigenvalue weighted by molar-refractivity contribution is 14.1. The number of carbonyl (C=O) groups is 2. The van der Waals surface area contributed by atoms with Crippen LogP contribution in [0, 0.1) is 30.8 Å². The number of hydrazone groups is 1. The molecule has 2 amide bonds. The predicted octanol–water partition coefficient (Wildman–Crippen LogP) is 5.66. The Morgan fingerprint density at radius 3 is 2.09 bits per heavy atom. The molecule has 0 radical (unpaired) electrons. The van der Waals surface area contributed by atoms with Gasteiger partial charge in [0.2, 0.25) is 0 Å². The smallest absolute Gasteiger partial charge is 0.254 e. The van der Waals surface area contributed by atoms with Crippen molar-refractivity contribution in [3.05, 3.63) is 71.8 Å². The quantitative estimate of drug-likeness (QED) is 0.179. The van der Waals surface area contributed by atoms with E-state index in [1.54, 1.807) is 6.21 Å². The molecule has 2 bridgehead atoms. The maximum Gasteiger partial charge on any atom is 0.254 e. The van der Waals surface area contributed by atoms with E-state index in [4.69, 9.17) is 16.3 Å². The van der Waals surface area contributed by atoms with Crippen LogP contribution < -0.4 is 4.74 Å². The van der Waals surface area contributed by atoms with Crippen molar-refractivity contribution in [2.24, 2.45) is 28.8 Å². The normalized spacial score (nSPS) is 26.3. The lowest BCUT2D eigenvalue weighted by Crippen LogP contribution is -2.38. The number of benzene rings is 2. The van der Waals surface area contributed by atoms with E-state index in [1.807, 2.05) is 36.4 Å². The van der Waals surface area contributed by atoms with Crippen LogP contribution in [0.15, 0.2) is 53.7 Å². The van der Waals surface area contributed by atoms with Crippen LogP contribution in [-0.4, -0.2) is 23.0 Å². The highest BCUT2D eigenvalue weighted by Crippen LogP contribution is 2.49. The molecular formula is C24H19ClI2N2O3. The number of amides is 2. The fraction of sp³-hybridized carbons (Fsp3) is 0.292. The molecule has 0 aromatic heterocycles. The Morgan fingerprint density at radius 2 is 1.56 bits per heavy atom. The molecule has 0 N–H and O–H groups in total. The van der Waals surface area contributed by atoms with Crippen LogP contribution >= 0.6 is 56.8 Å². The van der Waals surface area contributed by atoms with Gasteiger partial charge in [0.25, 0.3) is 11.8 Å². The van der Waals surface area contributed by atoms with Gasteiger partial charge in [0.1, 0.15) is 12.4 Å². The van der Waals surface area contributed by atoms with Crippen LogP contribution in [0.5, 0.6) is 5.75 Å². The molecule has 4 aliphatic rings. The molecule has 8 heteroatoms. The summed E-state index contributed by atoms with van der Waals surface area (Å²) in [6.07, 6.45) is 7.78.